The molecule has 4 aromatic rings. The lowest BCUT2D eigenvalue weighted by Crippen LogP contribution is -2.31. The van der Waals surface area contributed by atoms with Crippen LogP contribution in [0, 0.1) is 12.7 Å². The zero-order chi connectivity index (χ0) is 28.5. The van der Waals surface area contributed by atoms with Crippen LogP contribution in [0.4, 0.5) is 10.3 Å². The van der Waals surface area contributed by atoms with Crippen LogP contribution in [0.2, 0.25) is 0 Å². The van der Waals surface area contributed by atoms with E-state index < -0.39 is 33.9 Å². The number of furan rings is 1. The van der Waals surface area contributed by atoms with E-state index in [9.17, 15) is 12.8 Å². The highest BCUT2D eigenvalue weighted by Gasteiger charge is 2.33. The van der Waals surface area contributed by atoms with Gasteiger partial charge in [0.15, 0.2) is 17.3 Å². The second kappa shape index (κ2) is 9.85. The molecule has 36 heavy (non-hydrogen) atoms. The van der Waals surface area contributed by atoms with E-state index in [0.717, 1.165) is 12.4 Å². The van der Waals surface area contributed by atoms with Crippen LogP contribution in [0.5, 0.6) is 11.8 Å². The molecule has 4 heterocycles. The van der Waals surface area contributed by atoms with Crippen molar-refractivity contribution >= 4 is 16.0 Å². The van der Waals surface area contributed by atoms with Crippen LogP contribution in [0.3, 0.4) is 0 Å². The molecule has 2 atom stereocenters. The number of rotatable bonds is 9. The minimum absolute atomic E-state index is 0.00889. The zero-order valence-electron chi connectivity index (χ0n) is 22.5. The summed E-state index contributed by atoms with van der Waals surface area (Å²) in [6.07, 6.45) is 3.06. The van der Waals surface area contributed by atoms with Gasteiger partial charge < -0.3 is 13.9 Å². The van der Waals surface area contributed by atoms with Gasteiger partial charge in [-0.1, -0.05) is 6.92 Å². The first-order valence-electron chi connectivity index (χ1n) is 11.9. The third-order valence-corrected chi connectivity index (χ3v) is 7.18. The average molecular weight is 522 g/mol. The molecule has 0 spiro atoms. The molecule has 0 radical (unpaired) electrons. The quantitative estimate of drug-likeness (QED) is 0.345. The third-order valence-electron chi connectivity index (χ3n) is 5.33. The van der Waals surface area contributed by atoms with Gasteiger partial charge in [0.25, 0.3) is 0 Å². The molecule has 4 aromatic heterocycles. The van der Waals surface area contributed by atoms with Gasteiger partial charge in [-0.2, -0.15) is 9.97 Å². The monoisotopic (exact) mass is 521 g/mol. The molecular formula is C21H23FN8O5S. The maximum atomic E-state index is 13.4. The second-order valence-corrected chi connectivity index (χ2v) is 9.53. The first kappa shape index (κ1) is 21.2. The van der Waals surface area contributed by atoms with Crippen molar-refractivity contribution in [2.45, 2.75) is 31.9 Å². The Morgan fingerprint density at radius 3 is 2.33 bits per heavy atom. The number of aryl methyl sites for hydroxylation is 1. The highest BCUT2D eigenvalue weighted by Crippen LogP contribution is 2.36. The van der Waals surface area contributed by atoms with Gasteiger partial charge in [0.1, 0.15) is 17.9 Å². The molecule has 0 aliphatic rings. The molecule has 1 N–H and O–H groups in total. The molecule has 0 saturated heterocycles. The Hall–Kier alpha value is -4.14. The first-order chi connectivity index (χ1) is 18.4. The Balaban J connectivity index is 1.84. The summed E-state index contributed by atoms with van der Waals surface area (Å²) in [4.78, 5) is 15.9. The number of hydrogen-bond acceptors (Lipinski definition) is 11. The molecule has 0 aromatic carbocycles. The summed E-state index contributed by atoms with van der Waals surface area (Å²) in [5.74, 6) is -2.17. The van der Waals surface area contributed by atoms with Crippen LogP contribution < -0.4 is 14.2 Å². The first-order valence-corrected chi connectivity index (χ1v) is 11.9. The van der Waals surface area contributed by atoms with Crippen molar-refractivity contribution in [2.24, 2.45) is 0 Å². The number of aromatic nitrogens is 7. The predicted molar refractivity (Wildman–Crippen MR) is 125 cm³/mol. The molecule has 4 rings (SSSR count). The molecular weight excluding hydrogens is 495 g/mol. The number of anilines is 1. The summed E-state index contributed by atoms with van der Waals surface area (Å²) in [6, 6.07) is 2.59. The number of nitrogens with zero attached hydrogens (tertiary/aromatic N) is 7. The molecule has 0 bridgehead atoms. The number of hydrogen-bond donors (Lipinski definition) is 1. The summed E-state index contributed by atoms with van der Waals surface area (Å²) in [6.45, 7) is 0.444. The van der Waals surface area contributed by atoms with Crippen LogP contribution in [0.25, 0.3) is 17.3 Å². The Morgan fingerprint density at radius 2 is 1.75 bits per heavy atom. The maximum Gasteiger partial charge on any atom is 0.245 e. The van der Waals surface area contributed by atoms with Crippen LogP contribution in [0.15, 0.2) is 35.3 Å². The summed E-state index contributed by atoms with van der Waals surface area (Å²) >= 11 is 0. The van der Waals surface area contributed by atoms with Crippen LogP contribution in [-0.2, 0) is 10.0 Å². The predicted octanol–water partition coefficient (Wildman–Crippen LogP) is 2.51. The Kier molecular flexibility index (Phi) is 5.79. The van der Waals surface area contributed by atoms with E-state index in [2.05, 4.69) is 34.9 Å². The summed E-state index contributed by atoms with van der Waals surface area (Å²) in [5.41, 5.74) is 0.00889. The van der Waals surface area contributed by atoms with E-state index >= 15 is 0 Å². The van der Waals surface area contributed by atoms with E-state index in [-0.39, 0.29) is 46.6 Å². The molecule has 190 valence electrons. The molecule has 0 saturated carbocycles. The normalized spacial score (nSPS) is 14.9. The molecule has 2 unspecified atom stereocenters. The van der Waals surface area contributed by atoms with Crippen LogP contribution in [-0.4, -0.2) is 62.6 Å². The third kappa shape index (κ3) is 4.68. The van der Waals surface area contributed by atoms with E-state index in [4.69, 9.17) is 18.0 Å². The molecule has 0 aliphatic carbocycles. The fraction of sp³-hybridized carbons (Fsp3) is 0.333. The standard InChI is InChI=1S/C21H23FN8O5S/c1-11-6-7-15(35-11)18-27-28-21(30(18)16-19(33-4)25-10-26-20(16)34-5)29-36(31,32)13(3)12(2)17-23-8-14(22)9-24-17/h6-10,12-13H,1-5H3,(H,28,29)/i1D3. The van der Waals surface area contributed by atoms with Gasteiger partial charge >= 0.3 is 0 Å². The fourth-order valence-corrected chi connectivity index (χ4v) is 4.51. The Morgan fingerprint density at radius 1 is 1.08 bits per heavy atom. The van der Waals surface area contributed by atoms with Gasteiger partial charge in [0, 0.05) is 10.0 Å². The molecule has 0 aliphatic heterocycles. The van der Waals surface area contributed by atoms with Crippen LogP contribution >= 0.6 is 0 Å². The highest BCUT2D eigenvalue weighted by molar-refractivity contribution is 7.93. The smallest absolute Gasteiger partial charge is 0.245 e. The van der Waals surface area contributed by atoms with E-state index in [0.29, 0.717) is 0 Å². The molecule has 0 fully saturated rings. The van der Waals surface area contributed by atoms with Crippen molar-refractivity contribution < 1.29 is 30.8 Å². The molecule has 13 nitrogen and oxygen atoms in total. The van der Waals surface area contributed by atoms with E-state index in [1.807, 2.05) is 0 Å². The Bertz CT molecular complexity index is 1550. The van der Waals surface area contributed by atoms with Crippen molar-refractivity contribution in [1.82, 2.24) is 34.7 Å². The lowest BCUT2D eigenvalue weighted by atomic mass is 10.1. The largest absolute Gasteiger partial charge is 0.479 e. The number of nitrogens with one attached hydrogen (secondary N) is 1. The zero-order valence-corrected chi connectivity index (χ0v) is 20.3. The lowest BCUT2D eigenvalue weighted by Gasteiger charge is -2.20. The fourth-order valence-electron chi connectivity index (χ4n) is 3.27. The van der Waals surface area contributed by atoms with Gasteiger partial charge in [0.05, 0.1) is 31.9 Å². The van der Waals surface area contributed by atoms with Gasteiger partial charge in [-0.15, -0.1) is 10.2 Å². The van der Waals surface area contributed by atoms with Crippen molar-refractivity contribution in [3.63, 3.8) is 0 Å². The van der Waals surface area contributed by atoms with Gasteiger partial charge in [-0.05, 0) is 25.9 Å². The lowest BCUT2D eigenvalue weighted by molar-refractivity contribution is 0.368. The van der Waals surface area contributed by atoms with Gasteiger partial charge in [0.2, 0.25) is 33.6 Å². The summed E-state index contributed by atoms with van der Waals surface area (Å²) in [7, 11) is -1.57. The van der Waals surface area contributed by atoms with Crippen molar-refractivity contribution in [3.05, 3.63) is 48.3 Å². The number of halogens is 1. The Labute approximate surface area is 210 Å². The van der Waals surface area contributed by atoms with E-state index in [1.54, 1.807) is 6.92 Å². The minimum atomic E-state index is -4.22. The molecule has 15 heteroatoms. The van der Waals surface area contributed by atoms with Crippen molar-refractivity contribution in [1.29, 1.82) is 0 Å². The molecule has 0 amide bonds. The summed E-state index contributed by atoms with van der Waals surface area (Å²) < 4.78 is 82.7. The van der Waals surface area contributed by atoms with Crippen LogP contribution in [0.1, 0.15) is 35.5 Å². The van der Waals surface area contributed by atoms with Crippen molar-refractivity contribution in [3.8, 4) is 29.0 Å². The summed E-state index contributed by atoms with van der Waals surface area (Å²) in [5, 5.41) is 6.89. The average Bonchev–Trinajstić information content (AvgIpc) is 3.55. The van der Waals surface area contributed by atoms with Gasteiger partial charge in [-0.3, -0.25) is 4.72 Å². The minimum Gasteiger partial charge on any atom is -0.479 e. The topological polar surface area (TPSA) is 160 Å². The van der Waals surface area contributed by atoms with Crippen molar-refractivity contribution in [2.75, 3.05) is 18.9 Å². The number of methoxy groups -OCH3 is 2. The number of sulfonamides is 1. The SMILES string of the molecule is [2H]C([2H])([2H])c1ccc(-c2nnc(NS(=O)(=O)C(C)C(C)c3ncc(F)cn3)n2-c2c(OC)ncnc2OC)o1. The number of ether oxygens (including phenoxy) is 2. The highest BCUT2D eigenvalue weighted by atomic mass is 32.2. The second-order valence-electron chi connectivity index (χ2n) is 7.49. The van der Waals surface area contributed by atoms with E-state index in [1.165, 1.54) is 44.2 Å². The maximum absolute atomic E-state index is 13.4. The van der Waals surface area contributed by atoms with Gasteiger partial charge in [-0.25, -0.2) is 27.3 Å².